The summed E-state index contributed by atoms with van der Waals surface area (Å²) in [6, 6.07) is 4.49. The number of nitrogens with one attached hydrogen (secondary N) is 1. The van der Waals surface area contributed by atoms with Gasteiger partial charge in [0, 0.05) is 39.3 Å². The Hall–Kier alpha value is -3.56. The first-order valence-electron chi connectivity index (χ1n) is 12.4. The summed E-state index contributed by atoms with van der Waals surface area (Å²) in [6.45, 7) is 5.48. The third kappa shape index (κ3) is 4.61. The zero-order valence-electron chi connectivity index (χ0n) is 21.3. The second-order valence-electron chi connectivity index (χ2n) is 9.40. The van der Waals surface area contributed by atoms with Crippen molar-refractivity contribution in [2.75, 3.05) is 32.8 Å². The minimum absolute atomic E-state index is 0.0263. The average molecular weight is 548 g/mol. The van der Waals surface area contributed by atoms with Crippen LogP contribution in [0.15, 0.2) is 27.9 Å². The number of rotatable bonds is 10. The number of ether oxygens (including phenoxy) is 1. The van der Waals surface area contributed by atoms with Crippen LogP contribution in [0.1, 0.15) is 26.0 Å². The number of fused-ring (bicyclic) bond motifs is 1. The van der Waals surface area contributed by atoms with Gasteiger partial charge in [-0.2, -0.15) is 9.40 Å². The van der Waals surface area contributed by atoms with Crippen molar-refractivity contribution >= 4 is 21.1 Å². The van der Waals surface area contributed by atoms with Crippen molar-refractivity contribution in [3.05, 3.63) is 44.4 Å². The maximum absolute atomic E-state index is 13.4. The number of likely N-dealkylation sites (tertiary alicyclic amines) is 1. The molecule has 5 rings (SSSR count). The number of aromatic amines is 1. The van der Waals surface area contributed by atoms with Gasteiger partial charge in [0.1, 0.15) is 23.2 Å². The van der Waals surface area contributed by atoms with E-state index in [4.69, 9.17) is 4.74 Å². The summed E-state index contributed by atoms with van der Waals surface area (Å²) in [5.41, 5.74) is 1.50. The Bertz CT molecular complexity index is 1540. The van der Waals surface area contributed by atoms with Crippen LogP contribution in [0.4, 0.5) is 0 Å². The molecule has 1 aromatic carbocycles. The maximum atomic E-state index is 13.4. The first kappa shape index (κ1) is 26.1. The molecule has 1 N–H and O–H groups in total. The molecule has 4 heterocycles. The number of aryl methyl sites for hydroxylation is 2. The Kier molecular flexibility index (Phi) is 6.83. The lowest BCUT2D eigenvalue weighted by atomic mass is 10.0. The van der Waals surface area contributed by atoms with Gasteiger partial charge in [0.05, 0.1) is 22.8 Å². The first-order chi connectivity index (χ1) is 18.1. The van der Waals surface area contributed by atoms with E-state index in [-0.39, 0.29) is 35.4 Å². The minimum atomic E-state index is -3.84. The number of aromatic nitrogens is 4. The predicted molar refractivity (Wildman–Crippen MR) is 136 cm³/mol. The van der Waals surface area contributed by atoms with Gasteiger partial charge in [-0.05, 0) is 31.5 Å². The van der Waals surface area contributed by atoms with Gasteiger partial charge in [0.2, 0.25) is 10.0 Å². The molecule has 2 aromatic heterocycles. The lowest BCUT2D eigenvalue weighted by Gasteiger charge is -2.50. The Morgan fingerprint density at radius 2 is 1.95 bits per heavy atom. The van der Waals surface area contributed by atoms with Crippen LogP contribution in [0.25, 0.3) is 22.4 Å². The standard InChI is InChI=1S/C23H29N7O7S/c1-4-6-18-20-21(27(3)26-18)23(31)25-22(24-20)17-9-16(7-8-19(17)36-5-2)38(34,35)29-10-14(11-29)28-12-15(13-28)37-30(32)33/h7-9,14-15H,4-6,10-13H2,1-3H3,(H,24,25,31). The molecule has 0 saturated carbocycles. The Labute approximate surface area is 218 Å². The van der Waals surface area contributed by atoms with E-state index in [0.717, 1.165) is 6.42 Å². The molecule has 2 saturated heterocycles. The van der Waals surface area contributed by atoms with Crippen LogP contribution in [0, 0.1) is 10.1 Å². The number of nitrogens with zero attached hydrogens (tertiary/aromatic N) is 6. The zero-order chi connectivity index (χ0) is 27.2. The molecule has 38 heavy (non-hydrogen) atoms. The molecule has 0 unspecified atom stereocenters. The fourth-order valence-corrected chi connectivity index (χ4v) is 6.41. The van der Waals surface area contributed by atoms with Crippen molar-refractivity contribution in [3.63, 3.8) is 0 Å². The van der Waals surface area contributed by atoms with Crippen molar-refractivity contribution in [1.82, 2.24) is 29.0 Å². The molecule has 0 amide bonds. The molecule has 0 aliphatic carbocycles. The summed E-state index contributed by atoms with van der Waals surface area (Å²) in [7, 11) is -2.15. The zero-order valence-corrected chi connectivity index (χ0v) is 22.1. The predicted octanol–water partition coefficient (Wildman–Crippen LogP) is 0.940. The number of hydrogen-bond donors (Lipinski definition) is 1. The van der Waals surface area contributed by atoms with Crippen LogP contribution in [0.2, 0.25) is 0 Å². The first-order valence-corrected chi connectivity index (χ1v) is 13.8. The molecule has 2 fully saturated rings. The fraction of sp³-hybridized carbons (Fsp3) is 0.522. The summed E-state index contributed by atoms with van der Waals surface area (Å²) >= 11 is 0. The van der Waals surface area contributed by atoms with Gasteiger partial charge in [-0.25, -0.2) is 13.4 Å². The van der Waals surface area contributed by atoms with Gasteiger partial charge in [-0.15, -0.1) is 10.1 Å². The van der Waals surface area contributed by atoms with Gasteiger partial charge in [0.25, 0.3) is 10.6 Å². The molecule has 204 valence electrons. The SMILES string of the molecule is CCCc1nn(C)c2c(=O)[nH]c(-c3cc(S(=O)(=O)N4CC(N5CC(O[N+](=O)[O-])C5)C4)ccc3OCC)nc12. The molecular formula is C23H29N7O7S. The highest BCUT2D eigenvalue weighted by Gasteiger charge is 2.44. The highest BCUT2D eigenvalue weighted by atomic mass is 32.2. The molecular weight excluding hydrogens is 518 g/mol. The Morgan fingerprint density at radius 1 is 1.21 bits per heavy atom. The number of sulfonamides is 1. The molecule has 0 bridgehead atoms. The normalized spacial score (nSPS) is 17.3. The molecule has 15 heteroatoms. The molecule has 0 atom stereocenters. The van der Waals surface area contributed by atoms with E-state index in [0.29, 0.717) is 54.2 Å². The summed E-state index contributed by atoms with van der Waals surface area (Å²) in [4.78, 5) is 37.4. The summed E-state index contributed by atoms with van der Waals surface area (Å²) in [6.07, 6.45) is 0.992. The van der Waals surface area contributed by atoms with Crippen molar-refractivity contribution in [3.8, 4) is 17.1 Å². The van der Waals surface area contributed by atoms with Gasteiger partial charge < -0.3 is 14.6 Å². The van der Waals surface area contributed by atoms with E-state index in [1.54, 1.807) is 13.1 Å². The molecule has 2 aliphatic rings. The van der Waals surface area contributed by atoms with Crippen LogP contribution in [-0.4, -0.2) is 87.4 Å². The van der Waals surface area contributed by atoms with Crippen molar-refractivity contribution in [1.29, 1.82) is 0 Å². The molecule has 3 aromatic rings. The van der Waals surface area contributed by atoms with Crippen molar-refractivity contribution in [2.45, 2.75) is 43.7 Å². The van der Waals surface area contributed by atoms with Crippen LogP contribution >= 0.6 is 0 Å². The van der Waals surface area contributed by atoms with Gasteiger partial charge in [0.15, 0.2) is 5.52 Å². The second-order valence-corrected chi connectivity index (χ2v) is 11.3. The fourth-order valence-electron chi connectivity index (χ4n) is 4.86. The minimum Gasteiger partial charge on any atom is -0.493 e. The monoisotopic (exact) mass is 547 g/mol. The largest absolute Gasteiger partial charge is 0.493 e. The van der Waals surface area contributed by atoms with Crippen LogP contribution in [0.3, 0.4) is 0 Å². The summed E-state index contributed by atoms with van der Waals surface area (Å²) in [5, 5.41) is 14.1. The van der Waals surface area contributed by atoms with E-state index in [1.165, 1.54) is 21.1 Å². The van der Waals surface area contributed by atoms with Gasteiger partial charge in [-0.1, -0.05) is 13.3 Å². The third-order valence-electron chi connectivity index (χ3n) is 6.85. The highest BCUT2D eigenvalue weighted by molar-refractivity contribution is 7.89. The van der Waals surface area contributed by atoms with Crippen LogP contribution in [0.5, 0.6) is 5.75 Å². The number of hydrogen-bond acceptors (Lipinski definition) is 10. The smallest absolute Gasteiger partial charge is 0.294 e. The quantitative estimate of drug-likeness (QED) is 0.285. The maximum Gasteiger partial charge on any atom is 0.294 e. The third-order valence-corrected chi connectivity index (χ3v) is 8.68. The lowest BCUT2D eigenvalue weighted by Crippen LogP contribution is -2.67. The van der Waals surface area contributed by atoms with Crippen molar-refractivity contribution < 1.29 is 23.1 Å². The number of H-pyrrole nitrogens is 1. The Balaban J connectivity index is 1.43. The average Bonchev–Trinajstić information content (AvgIpc) is 3.12. The lowest BCUT2D eigenvalue weighted by molar-refractivity contribution is -0.771. The van der Waals surface area contributed by atoms with Gasteiger partial charge in [-0.3, -0.25) is 14.4 Å². The molecule has 0 radical (unpaired) electrons. The van der Waals surface area contributed by atoms with E-state index in [1.807, 2.05) is 18.7 Å². The van der Waals surface area contributed by atoms with E-state index in [2.05, 4.69) is 19.9 Å². The molecule has 0 spiro atoms. The van der Waals surface area contributed by atoms with Crippen LogP contribution < -0.4 is 10.3 Å². The van der Waals surface area contributed by atoms with Crippen molar-refractivity contribution in [2.24, 2.45) is 7.05 Å². The van der Waals surface area contributed by atoms with Crippen LogP contribution in [-0.2, 0) is 28.3 Å². The van der Waals surface area contributed by atoms with Gasteiger partial charge >= 0.3 is 0 Å². The Morgan fingerprint density at radius 3 is 2.61 bits per heavy atom. The second kappa shape index (κ2) is 9.96. The molecule has 2 aliphatic heterocycles. The highest BCUT2D eigenvalue weighted by Crippen LogP contribution is 2.34. The van der Waals surface area contributed by atoms with E-state index >= 15 is 0 Å². The number of benzene rings is 1. The van der Waals surface area contributed by atoms with E-state index < -0.39 is 21.2 Å². The molecule has 14 nitrogen and oxygen atoms in total. The summed E-state index contributed by atoms with van der Waals surface area (Å²) < 4.78 is 35.4. The van der Waals surface area contributed by atoms with E-state index in [9.17, 15) is 23.3 Å². The topological polar surface area (TPSA) is 166 Å². The summed E-state index contributed by atoms with van der Waals surface area (Å²) in [5.74, 6) is 0.598.